The third-order valence-electron chi connectivity index (χ3n) is 1.09. The third kappa shape index (κ3) is 1.89. The summed E-state index contributed by atoms with van der Waals surface area (Å²) >= 11 is 3.27. The molecule has 0 saturated carbocycles. The van der Waals surface area contributed by atoms with Gasteiger partial charge in [-0.1, -0.05) is 15.9 Å². The predicted molar refractivity (Wildman–Crippen MR) is 35.4 cm³/mol. The maximum Gasteiger partial charge on any atom is 0.271 e. The second-order valence-electron chi connectivity index (χ2n) is 1.77. The van der Waals surface area contributed by atoms with Crippen LogP contribution >= 0.6 is 15.9 Å². The van der Waals surface area contributed by atoms with Crippen LogP contribution in [0.25, 0.3) is 0 Å². The molecule has 1 fully saturated rings. The van der Waals surface area contributed by atoms with Gasteiger partial charge in [-0.2, -0.15) is 0 Å². The molecule has 0 aliphatic carbocycles. The number of rotatable bonds is 2. The fourth-order valence-electron chi connectivity index (χ4n) is 0.626. The zero-order valence-corrected chi connectivity index (χ0v) is 6.76. The highest BCUT2D eigenvalue weighted by atomic mass is 79.9. The Bertz CT molecular complexity index is 78.3. The minimum Gasteiger partial charge on any atom is -0.333 e. The first-order chi connectivity index (χ1) is 4.36. The van der Waals surface area contributed by atoms with Crippen LogP contribution in [0.5, 0.6) is 0 Å². The lowest BCUT2D eigenvalue weighted by atomic mass is 10.5. The van der Waals surface area contributed by atoms with Crippen molar-refractivity contribution in [2.45, 2.75) is 12.6 Å². The Kier molecular flexibility index (Phi) is 2.91. The zero-order valence-electron chi connectivity index (χ0n) is 5.17. The minimum absolute atomic E-state index is 0.148. The van der Waals surface area contributed by atoms with Crippen molar-refractivity contribution in [1.29, 1.82) is 0 Å². The Balaban J connectivity index is 2.20. The molecular weight excluding hydrogens is 188 g/mol. The molecular formula is C5H9BrO3. The van der Waals surface area contributed by atoms with Crippen LogP contribution < -0.4 is 0 Å². The lowest BCUT2D eigenvalue weighted by Crippen LogP contribution is -2.14. The maximum atomic E-state index is 5.17. The van der Waals surface area contributed by atoms with Gasteiger partial charge in [0.15, 0.2) is 0 Å². The van der Waals surface area contributed by atoms with Crippen molar-refractivity contribution in [2.75, 3.05) is 19.0 Å². The number of ether oxygens (including phenoxy) is 3. The molecule has 9 heavy (non-hydrogen) atoms. The van der Waals surface area contributed by atoms with E-state index in [1.807, 2.05) is 0 Å². The molecule has 1 rings (SSSR count). The van der Waals surface area contributed by atoms with Gasteiger partial charge in [0, 0.05) is 12.4 Å². The standard InChI is InChI=1S/C5H9BrO3/c1-7-5-8-3-4(2-6)9-5/h4-5H,2-3H2,1H3/t4-,5+/m0/s1. The van der Waals surface area contributed by atoms with Gasteiger partial charge in [-0.05, 0) is 0 Å². The highest BCUT2D eigenvalue weighted by molar-refractivity contribution is 9.09. The average Bonchev–Trinajstić information content (AvgIpc) is 2.34. The van der Waals surface area contributed by atoms with Crippen LogP contribution in [0.4, 0.5) is 0 Å². The summed E-state index contributed by atoms with van der Waals surface area (Å²) in [7, 11) is 1.56. The van der Waals surface area contributed by atoms with Crippen molar-refractivity contribution >= 4 is 15.9 Å². The largest absolute Gasteiger partial charge is 0.333 e. The molecule has 0 aromatic heterocycles. The fourth-order valence-corrected chi connectivity index (χ4v) is 0.966. The number of alkyl halides is 1. The van der Waals surface area contributed by atoms with E-state index in [0.29, 0.717) is 6.61 Å². The smallest absolute Gasteiger partial charge is 0.271 e. The molecule has 0 amide bonds. The van der Waals surface area contributed by atoms with Crippen LogP contribution in [-0.2, 0) is 14.2 Å². The van der Waals surface area contributed by atoms with Gasteiger partial charge in [0.1, 0.15) is 0 Å². The van der Waals surface area contributed by atoms with Crippen LogP contribution in [0, 0.1) is 0 Å². The van der Waals surface area contributed by atoms with Crippen molar-refractivity contribution in [3.63, 3.8) is 0 Å². The first-order valence-electron chi connectivity index (χ1n) is 2.72. The average molecular weight is 197 g/mol. The SMILES string of the molecule is CO[C@@H]1OC[C@H](CBr)O1. The zero-order chi connectivity index (χ0) is 6.69. The van der Waals surface area contributed by atoms with Crippen molar-refractivity contribution in [2.24, 2.45) is 0 Å². The van der Waals surface area contributed by atoms with Crippen molar-refractivity contribution in [3.8, 4) is 0 Å². The Hall–Kier alpha value is 0.360. The van der Waals surface area contributed by atoms with Gasteiger partial charge in [-0.15, -0.1) is 0 Å². The number of halogens is 1. The van der Waals surface area contributed by atoms with Crippen LogP contribution in [-0.4, -0.2) is 31.6 Å². The van der Waals surface area contributed by atoms with E-state index in [4.69, 9.17) is 14.2 Å². The monoisotopic (exact) mass is 196 g/mol. The van der Waals surface area contributed by atoms with Crippen LogP contribution in [0.1, 0.15) is 0 Å². The Morgan fingerprint density at radius 3 is 2.89 bits per heavy atom. The summed E-state index contributed by atoms with van der Waals surface area (Å²) < 4.78 is 15.0. The number of methoxy groups -OCH3 is 1. The summed E-state index contributed by atoms with van der Waals surface area (Å²) in [6.45, 7) is 0.163. The highest BCUT2D eigenvalue weighted by Gasteiger charge is 2.24. The predicted octanol–water partition coefficient (Wildman–Crippen LogP) is 0.727. The van der Waals surface area contributed by atoms with Gasteiger partial charge in [0.2, 0.25) is 0 Å². The molecule has 0 N–H and O–H groups in total. The van der Waals surface area contributed by atoms with Gasteiger partial charge >= 0.3 is 0 Å². The molecule has 54 valence electrons. The van der Waals surface area contributed by atoms with E-state index in [9.17, 15) is 0 Å². The minimum atomic E-state index is -0.451. The van der Waals surface area contributed by atoms with E-state index in [1.165, 1.54) is 0 Å². The normalized spacial score (nSPS) is 35.3. The Labute approximate surface area is 62.4 Å². The summed E-state index contributed by atoms with van der Waals surface area (Å²) in [5.74, 6) is 0. The van der Waals surface area contributed by atoms with Crippen LogP contribution in [0.3, 0.4) is 0 Å². The van der Waals surface area contributed by atoms with Crippen molar-refractivity contribution in [1.82, 2.24) is 0 Å². The number of hydrogen-bond acceptors (Lipinski definition) is 3. The van der Waals surface area contributed by atoms with E-state index >= 15 is 0 Å². The van der Waals surface area contributed by atoms with E-state index in [-0.39, 0.29) is 6.10 Å². The van der Waals surface area contributed by atoms with Crippen molar-refractivity contribution in [3.05, 3.63) is 0 Å². The first kappa shape index (κ1) is 7.47. The van der Waals surface area contributed by atoms with Crippen molar-refractivity contribution < 1.29 is 14.2 Å². The molecule has 0 aromatic rings. The molecule has 1 aliphatic heterocycles. The second kappa shape index (κ2) is 3.51. The molecule has 1 heterocycles. The molecule has 3 nitrogen and oxygen atoms in total. The van der Waals surface area contributed by atoms with E-state index in [2.05, 4.69) is 15.9 Å². The summed E-state index contributed by atoms with van der Waals surface area (Å²) in [5, 5.41) is 0.798. The third-order valence-corrected chi connectivity index (χ3v) is 1.81. The molecule has 4 heteroatoms. The van der Waals surface area contributed by atoms with Gasteiger partial charge < -0.3 is 14.2 Å². The fraction of sp³-hybridized carbons (Fsp3) is 1.00. The van der Waals surface area contributed by atoms with E-state index < -0.39 is 6.48 Å². The summed E-state index contributed by atoms with van der Waals surface area (Å²) in [6, 6.07) is 0. The quantitative estimate of drug-likeness (QED) is 0.610. The Morgan fingerprint density at radius 1 is 1.78 bits per heavy atom. The molecule has 1 saturated heterocycles. The summed E-state index contributed by atoms with van der Waals surface area (Å²) in [5.41, 5.74) is 0. The van der Waals surface area contributed by atoms with Crippen LogP contribution in [0.15, 0.2) is 0 Å². The van der Waals surface area contributed by atoms with Gasteiger partial charge in [-0.3, -0.25) is 0 Å². The van der Waals surface area contributed by atoms with Gasteiger partial charge in [-0.25, -0.2) is 0 Å². The van der Waals surface area contributed by atoms with Gasteiger partial charge in [0.25, 0.3) is 6.48 Å². The van der Waals surface area contributed by atoms with E-state index in [0.717, 1.165) is 5.33 Å². The first-order valence-corrected chi connectivity index (χ1v) is 3.84. The Morgan fingerprint density at radius 2 is 2.56 bits per heavy atom. The molecule has 0 spiro atoms. The van der Waals surface area contributed by atoms with Gasteiger partial charge in [0.05, 0.1) is 12.7 Å². The summed E-state index contributed by atoms with van der Waals surface area (Å²) in [4.78, 5) is 0. The lowest BCUT2D eigenvalue weighted by Gasteiger charge is -2.05. The summed E-state index contributed by atoms with van der Waals surface area (Å²) in [6.07, 6.45) is 0.148. The molecule has 0 unspecified atom stereocenters. The van der Waals surface area contributed by atoms with Crippen LogP contribution in [0.2, 0.25) is 0 Å². The molecule has 0 aromatic carbocycles. The molecule has 2 atom stereocenters. The molecule has 0 bridgehead atoms. The molecule has 0 radical (unpaired) electrons. The highest BCUT2D eigenvalue weighted by Crippen LogP contribution is 2.12. The lowest BCUT2D eigenvalue weighted by molar-refractivity contribution is -0.221. The number of hydrogen-bond donors (Lipinski definition) is 0. The second-order valence-corrected chi connectivity index (χ2v) is 2.42. The maximum absolute atomic E-state index is 5.17. The van der Waals surface area contributed by atoms with E-state index in [1.54, 1.807) is 7.11 Å². The molecule has 1 aliphatic rings. The topological polar surface area (TPSA) is 27.7 Å².